The first kappa shape index (κ1) is 32.6. The smallest absolute Gasteiger partial charge is 0.319 e. The number of urea groups is 1. The first-order valence-corrected chi connectivity index (χ1v) is 16.3. The summed E-state index contributed by atoms with van der Waals surface area (Å²) in [7, 11) is 2.16. The van der Waals surface area contributed by atoms with Crippen LogP contribution in [-0.4, -0.2) is 91.0 Å². The molecule has 0 bridgehead atoms. The van der Waals surface area contributed by atoms with Gasteiger partial charge in [-0.05, 0) is 90.0 Å². The van der Waals surface area contributed by atoms with Crippen LogP contribution >= 0.6 is 0 Å². The monoisotopic (exact) mass is 586 g/mol. The van der Waals surface area contributed by atoms with Gasteiger partial charge in [-0.15, -0.1) is 0 Å². The molecule has 9 nitrogen and oxygen atoms in total. The van der Waals surface area contributed by atoms with Crippen LogP contribution in [0.5, 0.6) is 5.75 Å². The molecule has 236 valence electrons. The molecule has 1 aromatic carbocycles. The maximum atomic E-state index is 14.3. The molecule has 3 amide bonds. The van der Waals surface area contributed by atoms with E-state index in [0.29, 0.717) is 30.2 Å². The number of aliphatic hydroxyl groups excluding tert-OH is 1. The van der Waals surface area contributed by atoms with E-state index < -0.39 is 6.04 Å². The standard InChI is InChI=1S/C33H54N4O5/c1-23-19-37(24(2)22-38)32(39)29-18-28(35-33(40)34-27-11-6-5-7-12-27)15-16-30(29)42-25(3)10-8-9-17-41-31(23)21-36(4)20-26-13-14-26/h15-16,18,23-27,31,38H,5-14,17,19-22H2,1-4H3,(H2,34,35,40)/t23-,24+,25-,31-/m0/s1. The van der Waals surface area contributed by atoms with E-state index in [4.69, 9.17) is 9.47 Å². The maximum absolute atomic E-state index is 14.3. The minimum atomic E-state index is -0.394. The summed E-state index contributed by atoms with van der Waals surface area (Å²) in [6.07, 6.45) is 10.7. The van der Waals surface area contributed by atoms with Gasteiger partial charge < -0.3 is 35.0 Å². The molecule has 4 atom stereocenters. The third-order valence-corrected chi connectivity index (χ3v) is 9.01. The van der Waals surface area contributed by atoms with E-state index in [1.165, 1.54) is 19.3 Å². The van der Waals surface area contributed by atoms with Crippen molar-refractivity contribution in [2.24, 2.45) is 11.8 Å². The van der Waals surface area contributed by atoms with Gasteiger partial charge in [-0.2, -0.15) is 0 Å². The Morgan fingerprint density at radius 1 is 1.07 bits per heavy atom. The third-order valence-electron chi connectivity index (χ3n) is 9.01. The number of aliphatic hydroxyl groups is 1. The molecule has 1 heterocycles. The number of carbonyl (C=O) groups excluding carboxylic acids is 2. The molecule has 0 unspecified atom stereocenters. The molecule has 1 aliphatic heterocycles. The predicted molar refractivity (Wildman–Crippen MR) is 166 cm³/mol. The summed E-state index contributed by atoms with van der Waals surface area (Å²) in [5.74, 6) is 1.13. The predicted octanol–water partition coefficient (Wildman–Crippen LogP) is 5.28. The average molecular weight is 587 g/mol. The molecule has 0 spiro atoms. The van der Waals surface area contributed by atoms with Gasteiger partial charge in [0, 0.05) is 43.9 Å². The van der Waals surface area contributed by atoms with Gasteiger partial charge in [0.15, 0.2) is 0 Å². The van der Waals surface area contributed by atoms with Crippen molar-refractivity contribution in [1.29, 1.82) is 0 Å². The average Bonchev–Trinajstić information content (AvgIpc) is 3.79. The number of anilines is 1. The van der Waals surface area contributed by atoms with Crippen LogP contribution in [0.3, 0.4) is 0 Å². The molecule has 1 aromatic rings. The zero-order valence-corrected chi connectivity index (χ0v) is 26.3. The van der Waals surface area contributed by atoms with Crippen molar-refractivity contribution < 1.29 is 24.2 Å². The van der Waals surface area contributed by atoms with Gasteiger partial charge in [-0.1, -0.05) is 26.2 Å². The van der Waals surface area contributed by atoms with Crippen molar-refractivity contribution in [3.05, 3.63) is 23.8 Å². The summed E-state index contributed by atoms with van der Waals surface area (Å²) >= 11 is 0. The Kier molecular flexibility index (Phi) is 12.3. The molecule has 2 saturated carbocycles. The SMILES string of the molecule is C[C@H](CO)N1C[C@H](C)[C@H](CN(C)CC2CC2)OCCCC[C@H](C)Oc2ccc(NC(=O)NC3CCCCC3)cc2C1=O. The number of amides is 3. The van der Waals surface area contributed by atoms with E-state index in [-0.39, 0.29) is 42.7 Å². The van der Waals surface area contributed by atoms with Gasteiger partial charge in [0.05, 0.1) is 30.4 Å². The summed E-state index contributed by atoms with van der Waals surface area (Å²) in [6.45, 7) is 8.89. The lowest BCUT2D eigenvalue weighted by molar-refractivity contribution is -0.0172. The van der Waals surface area contributed by atoms with Gasteiger partial charge in [-0.3, -0.25) is 4.79 Å². The van der Waals surface area contributed by atoms with Crippen LogP contribution in [0.2, 0.25) is 0 Å². The van der Waals surface area contributed by atoms with Gasteiger partial charge in [0.1, 0.15) is 5.75 Å². The van der Waals surface area contributed by atoms with Crippen molar-refractivity contribution in [3.8, 4) is 5.75 Å². The second-order valence-electron chi connectivity index (χ2n) is 13.1. The van der Waals surface area contributed by atoms with E-state index in [1.807, 2.05) is 13.8 Å². The van der Waals surface area contributed by atoms with Crippen molar-refractivity contribution in [3.63, 3.8) is 0 Å². The molecule has 3 aliphatic rings. The number of benzene rings is 1. The number of fused-ring (bicyclic) bond motifs is 1. The normalized spacial score (nSPS) is 25.7. The highest BCUT2D eigenvalue weighted by molar-refractivity contribution is 5.99. The quantitative estimate of drug-likeness (QED) is 0.383. The topological polar surface area (TPSA) is 103 Å². The van der Waals surface area contributed by atoms with Crippen molar-refractivity contribution in [1.82, 2.24) is 15.1 Å². The zero-order valence-electron chi connectivity index (χ0n) is 26.3. The summed E-state index contributed by atoms with van der Waals surface area (Å²) in [4.78, 5) is 31.2. The summed E-state index contributed by atoms with van der Waals surface area (Å²) in [5, 5.41) is 16.2. The lowest BCUT2D eigenvalue weighted by Crippen LogP contribution is -2.47. The second-order valence-corrected chi connectivity index (χ2v) is 13.1. The Balaban J connectivity index is 1.56. The Morgan fingerprint density at radius 3 is 2.52 bits per heavy atom. The summed E-state index contributed by atoms with van der Waals surface area (Å²) < 4.78 is 12.8. The molecule has 0 radical (unpaired) electrons. The number of nitrogens with one attached hydrogen (secondary N) is 2. The van der Waals surface area contributed by atoms with Crippen molar-refractivity contribution in [2.45, 2.75) is 109 Å². The fraction of sp³-hybridized carbons (Fsp3) is 0.758. The molecule has 4 rings (SSSR count). The first-order chi connectivity index (χ1) is 20.2. The van der Waals surface area contributed by atoms with Crippen molar-refractivity contribution >= 4 is 17.6 Å². The van der Waals surface area contributed by atoms with Crippen LogP contribution in [-0.2, 0) is 4.74 Å². The van der Waals surface area contributed by atoms with Gasteiger partial charge in [0.2, 0.25) is 0 Å². The van der Waals surface area contributed by atoms with Crippen LogP contribution in [0.1, 0.15) is 95.3 Å². The van der Waals surface area contributed by atoms with Crippen molar-refractivity contribution in [2.75, 3.05) is 45.2 Å². The third kappa shape index (κ3) is 9.85. The number of likely N-dealkylation sites (N-methyl/N-ethyl adjacent to an activating group) is 1. The van der Waals surface area contributed by atoms with Crippen LogP contribution < -0.4 is 15.4 Å². The van der Waals surface area contributed by atoms with E-state index in [1.54, 1.807) is 23.1 Å². The van der Waals surface area contributed by atoms with Crippen LogP contribution in [0, 0.1) is 11.8 Å². The van der Waals surface area contributed by atoms with Gasteiger partial charge in [-0.25, -0.2) is 4.79 Å². The fourth-order valence-corrected chi connectivity index (χ4v) is 6.19. The number of carbonyl (C=O) groups is 2. The number of rotatable bonds is 8. The highest BCUT2D eigenvalue weighted by atomic mass is 16.5. The Morgan fingerprint density at radius 2 is 1.81 bits per heavy atom. The number of hydrogen-bond donors (Lipinski definition) is 3. The van der Waals surface area contributed by atoms with Crippen LogP contribution in [0.4, 0.5) is 10.5 Å². The number of hydrogen-bond acceptors (Lipinski definition) is 6. The van der Waals surface area contributed by atoms with Crippen LogP contribution in [0.15, 0.2) is 18.2 Å². The fourth-order valence-electron chi connectivity index (χ4n) is 6.19. The molecule has 3 N–H and O–H groups in total. The Hall–Kier alpha value is -2.36. The van der Waals surface area contributed by atoms with Gasteiger partial charge in [0.25, 0.3) is 5.91 Å². The minimum absolute atomic E-state index is 0.0255. The largest absolute Gasteiger partial charge is 0.490 e. The minimum Gasteiger partial charge on any atom is -0.490 e. The highest BCUT2D eigenvalue weighted by Crippen LogP contribution is 2.31. The van der Waals surface area contributed by atoms with E-state index in [0.717, 1.165) is 64.0 Å². The van der Waals surface area contributed by atoms with E-state index in [2.05, 4.69) is 29.5 Å². The summed E-state index contributed by atoms with van der Waals surface area (Å²) in [5.41, 5.74) is 0.936. The Bertz CT molecular complexity index is 1010. The van der Waals surface area contributed by atoms with Crippen LogP contribution in [0.25, 0.3) is 0 Å². The molecule has 2 aliphatic carbocycles. The zero-order chi connectivity index (χ0) is 30.1. The number of nitrogens with zero attached hydrogens (tertiary/aromatic N) is 2. The lowest BCUT2D eigenvalue weighted by Gasteiger charge is -2.36. The summed E-state index contributed by atoms with van der Waals surface area (Å²) in [6, 6.07) is 4.83. The highest BCUT2D eigenvalue weighted by Gasteiger charge is 2.31. The molecule has 9 heteroatoms. The molecule has 0 aromatic heterocycles. The molecule has 0 saturated heterocycles. The maximum Gasteiger partial charge on any atom is 0.319 e. The molecular weight excluding hydrogens is 532 g/mol. The molecule has 42 heavy (non-hydrogen) atoms. The molecular formula is C33H54N4O5. The van der Waals surface area contributed by atoms with E-state index in [9.17, 15) is 14.7 Å². The second kappa shape index (κ2) is 15.9. The Labute approximate surface area is 252 Å². The molecule has 2 fully saturated rings. The lowest BCUT2D eigenvalue weighted by atomic mass is 9.96. The van der Waals surface area contributed by atoms with Gasteiger partial charge >= 0.3 is 6.03 Å². The first-order valence-electron chi connectivity index (χ1n) is 16.3. The number of ether oxygens (including phenoxy) is 2. The van der Waals surface area contributed by atoms with E-state index >= 15 is 0 Å².